The average Bonchev–Trinajstić information content (AvgIpc) is 2.45. The summed E-state index contributed by atoms with van der Waals surface area (Å²) in [5, 5.41) is 4.32. The Morgan fingerprint density at radius 2 is 1.80 bits per heavy atom. The fourth-order valence-corrected chi connectivity index (χ4v) is 2.62. The number of hydrogen-bond acceptors (Lipinski definition) is 2. The Morgan fingerprint density at radius 1 is 1.10 bits per heavy atom. The zero-order chi connectivity index (χ0) is 14.5. The summed E-state index contributed by atoms with van der Waals surface area (Å²) in [6.45, 7) is 2.18. The van der Waals surface area contributed by atoms with Gasteiger partial charge in [-0.05, 0) is 30.2 Å². The van der Waals surface area contributed by atoms with E-state index >= 15 is 0 Å². The van der Waals surface area contributed by atoms with Crippen molar-refractivity contribution in [3.8, 4) is 0 Å². The van der Waals surface area contributed by atoms with Gasteiger partial charge in [0.1, 0.15) is 0 Å². The van der Waals surface area contributed by atoms with E-state index in [1.165, 1.54) is 5.56 Å². The van der Waals surface area contributed by atoms with Crippen LogP contribution < -0.4 is 10.2 Å². The first-order valence-electron chi connectivity index (χ1n) is 6.90. The maximum absolute atomic E-state index is 6.32. The van der Waals surface area contributed by atoms with E-state index < -0.39 is 0 Å². The summed E-state index contributed by atoms with van der Waals surface area (Å²) in [6.07, 6.45) is 1.02. The first-order valence-corrected chi connectivity index (χ1v) is 7.28. The van der Waals surface area contributed by atoms with E-state index in [1.807, 2.05) is 37.2 Å². The number of anilines is 2. The number of nitrogens with zero attached hydrogens (tertiary/aromatic N) is 1. The summed E-state index contributed by atoms with van der Waals surface area (Å²) >= 11 is 6.32. The average molecular weight is 289 g/mol. The van der Waals surface area contributed by atoms with Crippen molar-refractivity contribution in [2.75, 3.05) is 24.3 Å². The third-order valence-corrected chi connectivity index (χ3v) is 3.68. The standard InChI is InChI=1S/C17H21ClN2/c1-4-16(13-8-6-5-7-9-13)19-14-10-11-17(20(2)3)15(18)12-14/h5-12,16,19H,4H2,1-3H3. The number of hydrogen-bond donors (Lipinski definition) is 1. The number of nitrogens with one attached hydrogen (secondary N) is 1. The molecule has 1 atom stereocenters. The molecule has 0 radical (unpaired) electrons. The van der Waals surface area contributed by atoms with Crippen LogP contribution in [0.3, 0.4) is 0 Å². The van der Waals surface area contributed by atoms with Gasteiger partial charge >= 0.3 is 0 Å². The molecule has 0 bridgehead atoms. The van der Waals surface area contributed by atoms with Gasteiger partial charge in [0.15, 0.2) is 0 Å². The van der Waals surface area contributed by atoms with Gasteiger partial charge in [-0.2, -0.15) is 0 Å². The molecule has 106 valence electrons. The fourth-order valence-electron chi connectivity index (χ4n) is 2.27. The van der Waals surface area contributed by atoms with Crippen LogP contribution in [0.25, 0.3) is 0 Å². The quantitative estimate of drug-likeness (QED) is 0.836. The van der Waals surface area contributed by atoms with Gasteiger partial charge in [0.2, 0.25) is 0 Å². The molecule has 0 amide bonds. The van der Waals surface area contributed by atoms with Crippen LogP contribution in [0.4, 0.5) is 11.4 Å². The molecular formula is C17H21ClN2. The molecule has 20 heavy (non-hydrogen) atoms. The Kier molecular flexibility index (Phi) is 4.91. The van der Waals surface area contributed by atoms with E-state index in [0.29, 0.717) is 6.04 Å². The van der Waals surface area contributed by atoms with Crippen LogP contribution in [0.2, 0.25) is 5.02 Å². The van der Waals surface area contributed by atoms with Crippen LogP contribution in [-0.2, 0) is 0 Å². The third-order valence-electron chi connectivity index (χ3n) is 3.38. The van der Waals surface area contributed by atoms with Crippen LogP contribution in [0.15, 0.2) is 48.5 Å². The predicted molar refractivity (Wildman–Crippen MR) is 88.9 cm³/mol. The van der Waals surface area contributed by atoms with Gasteiger partial charge in [0, 0.05) is 19.8 Å². The van der Waals surface area contributed by atoms with Crippen LogP contribution in [-0.4, -0.2) is 14.1 Å². The van der Waals surface area contributed by atoms with Crippen molar-refractivity contribution in [3.63, 3.8) is 0 Å². The smallest absolute Gasteiger partial charge is 0.0659 e. The lowest BCUT2D eigenvalue weighted by molar-refractivity contribution is 0.749. The van der Waals surface area contributed by atoms with Gasteiger partial charge < -0.3 is 10.2 Å². The lowest BCUT2D eigenvalue weighted by Crippen LogP contribution is -2.11. The number of benzene rings is 2. The minimum absolute atomic E-state index is 0.303. The molecule has 1 unspecified atom stereocenters. The van der Waals surface area contributed by atoms with Crippen molar-refractivity contribution >= 4 is 23.0 Å². The van der Waals surface area contributed by atoms with Crippen LogP contribution >= 0.6 is 11.6 Å². The Labute approximate surface area is 126 Å². The number of rotatable bonds is 5. The van der Waals surface area contributed by atoms with E-state index in [4.69, 9.17) is 11.6 Å². The Bertz CT molecular complexity index is 552. The van der Waals surface area contributed by atoms with Crippen LogP contribution in [0.5, 0.6) is 0 Å². The molecule has 0 fully saturated rings. The van der Waals surface area contributed by atoms with Gasteiger partial charge in [-0.25, -0.2) is 0 Å². The molecule has 2 aromatic carbocycles. The molecule has 0 saturated heterocycles. The molecule has 0 saturated carbocycles. The maximum atomic E-state index is 6.32. The highest BCUT2D eigenvalue weighted by molar-refractivity contribution is 6.33. The molecule has 0 aliphatic rings. The largest absolute Gasteiger partial charge is 0.378 e. The second-order valence-corrected chi connectivity index (χ2v) is 5.48. The lowest BCUT2D eigenvalue weighted by atomic mass is 10.0. The number of halogens is 1. The first kappa shape index (κ1) is 14.7. The molecule has 0 aromatic heterocycles. The Balaban J connectivity index is 2.18. The molecule has 1 N–H and O–H groups in total. The van der Waals surface area contributed by atoms with E-state index in [1.54, 1.807) is 0 Å². The van der Waals surface area contributed by atoms with Gasteiger partial charge in [0.05, 0.1) is 16.8 Å². The summed E-state index contributed by atoms with van der Waals surface area (Å²) in [4.78, 5) is 2.01. The van der Waals surface area contributed by atoms with Crippen molar-refractivity contribution in [1.82, 2.24) is 0 Å². The van der Waals surface area contributed by atoms with E-state index in [9.17, 15) is 0 Å². The maximum Gasteiger partial charge on any atom is 0.0659 e. The molecule has 2 nitrogen and oxygen atoms in total. The van der Waals surface area contributed by atoms with Crippen molar-refractivity contribution in [2.24, 2.45) is 0 Å². The molecule has 0 spiro atoms. The van der Waals surface area contributed by atoms with Crippen LogP contribution in [0.1, 0.15) is 24.9 Å². The molecule has 2 aromatic rings. The summed E-state index contributed by atoms with van der Waals surface area (Å²) in [7, 11) is 3.99. The summed E-state index contributed by atoms with van der Waals surface area (Å²) in [5.74, 6) is 0. The van der Waals surface area contributed by atoms with Crippen LogP contribution in [0, 0.1) is 0 Å². The topological polar surface area (TPSA) is 15.3 Å². The van der Waals surface area contributed by atoms with Gasteiger partial charge in [-0.1, -0.05) is 48.9 Å². The molecular weight excluding hydrogens is 268 g/mol. The van der Waals surface area contributed by atoms with E-state index in [-0.39, 0.29) is 0 Å². The van der Waals surface area contributed by atoms with Crippen molar-refractivity contribution < 1.29 is 0 Å². The molecule has 0 aliphatic heterocycles. The Morgan fingerprint density at radius 3 is 2.35 bits per heavy atom. The summed E-state index contributed by atoms with van der Waals surface area (Å²) < 4.78 is 0. The van der Waals surface area contributed by atoms with Gasteiger partial charge in [-0.15, -0.1) is 0 Å². The summed E-state index contributed by atoms with van der Waals surface area (Å²) in [6, 6.07) is 16.9. The zero-order valence-corrected chi connectivity index (χ0v) is 13.0. The lowest BCUT2D eigenvalue weighted by Gasteiger charge is -2.20. The minimum atomic E-state index is 0.303. The molecule has 3 heteroatoms. The SMILES string of the molecule is CCC(Nc1ccc(N(C)C)c(Cl)c1)c1ccccc1. The Hall–Kier alpha value is -1.67. The highest BCUT2D eigenvalue weighted by Gasteiger charge is 2.10. The third kappa shape index (κ3) is 3.45. The minimum Gasteiger partial charge on any atom is -0.378 e. The van der Waals surface area contributed by atoms with Gasteiger partial charge in [0.25, 0.3) is 0 Å². The highest BCUT2D eigenvalue weighted by Crippen LogP contribution is 2.30. The monoisotopic (exact) mass is 288 g/mol. The second kappa shape index (κ2) is 6.67. The first-order chi connectivity index (χ1) is 9.61. The van der Waals surface area contributed by atoms with Gasteiger partial charge in [-0.3, -0.25) is 0 Å². The predicted octanol–water partition coefficient (Wildman–Crippen LogP) is 4.97. The molecule has 2 rings (SSSR count). The van der Waals surface area contributed by atoms with E-state index in [2.05, 4.69) is 42.6 Å². The molecule has 0 aliphatic carbocycles. The van der Waals surface area contributed by atoms with Crippen molar-refractivity contribution in [1.29, 1.82) is 0 Å². The highest BCUT2D eigenvalue weighted by atomic mass is 35.5. The van der Waals surface area contributed by atoms with E-state index in [0.717, 1.165) is 22.8 Å². The fraction of sp³-hybridized carbons (Fsp3) is 0.294. The second-order valence-electron chi connectivity index (χ2n) is 5.08. The normalized spacial score (nSPS) is 12.0. The zero-order valence-electron chi connectivity index (χ0n) is 12.2. The van der Waals surface area contributed by atoms with Crippen molar-refractivity contribution in [3.05, 3.63) is 59.1 Å². The molecule has 0 heterocycles. The van der Waals surface area contributed by atoms with Crippen molar-refractivity contribution in [2.45, 2.75) is 19.4 Å². The summed E-state index contributed by atoms with van der Waals surface area (Å²) in [5.41, 5.74) is 3.38.